The number of benzene rings is 2. The molecule has 2 heterocycles. The summed E-state index contributed by atoms with van der Waals surface area (Å²) in [4.78, 5) is 18.4. The Bertz CT molecular complexity index is 1250. The summed E-state index contributed by atoms with van der Waals surface area (Å²) in [5.74, 6) is -0.192. The Morgan fingerprint density at radius 1 is 1.03 bits per heavy atom. The van der Waals surface area contributed by atoms with Crippen molar-refractivity contribution in [3.63, 3.8) is 0 Å². The van der Waals surface area contributed by atoms with Gasteiger partial charge < -0.3 is 11.1 Å². The van der Waals surface area contributed by atoms with Crippen molar-refractivity contribution in [2.75, 3.05) is 11.1 Å². The molecule has 4 aromatic rings. The molecule has 2 aromatic heterocycles. The molecule has 154 valence electrons. The number of pyridine rings is 1. The first-order valence-corrected chi connectivity index (χ1v) is 11.2. The van der Waals surface area contributed by atoms with Gasteiger partial charge in [0.05, 0.1) is 21.4 Å². The van der Waals surface area contributed by atoms with Crippen LogP contribution < -0.4 is 11.1 Å². The number of amides is 1. The van der Waals surface area contributed by atoms with Crippen molar-refractivity contribution >= 4 is 40.2 Å². The fourth-order valence-corrected chi connectivity index (χ4v) is 4.93. The van der Waals surface area contributed by atoms with Gasteiger partial charge >= 0.3 is 0 Å². The second kappa shape index (κ2) is 7.84. The molecule has 3 N–H and O–H groups in total. The molecule has 0 spiro atoms. The number of hydrogen-bond donors (Lipinski definition) is 2. The predicted molar refractivity (Wildman–Crippen MR) is 128 cm³/mol. The van der Waals surface area contributed by atoms with Crippen molar-refractivity contribution in [3.8, 4) is 10.4 Å². The topological polar surface area (TPSA) is 68.0 Å². The molecule has 6 heteroatoms. The molecule has 1 aliphatic carbocycles. The van der Waals surface area contributed by atoms with Gasteiger partial charge in [0.25, 0.3) is 5.91 Å². The smallest absolute Gasteiger partial charge is 0.255 e. The lowest BCUT2D eigenvalue weighted by Crippen LogP contribution is -2.14. The van der Waals surface area contributed by atoms with E-state index in [9.17, 15) is 4.79 Å². The highest BCUT2D eigenvalue weighted by atomic mass is 35.5. The zero-order valence-electron chi connectivity index (χ0n) is 16.6. The van der Waals surface area contributed by atoms with Crippen molar-refractivity contribution in [1.82, 2.24) is 4.98 Å². The van der Waals surface area contributed by atoms with Crippen LogP contribution in [-0.2, 0) is 5.41 Å². The minimum Gasteiger partial charge on any atom is -0.397 e. The Morgan fingerprint density at radius 3 is 2.48 bits per heavy atom. The van der Waals surface area contributed by atoms with Gasteiger partial charge in [-0.1, -0.05) is 35.9 Å². The van der Waals surface area contributed by atoms with Crippen LogP contribution in [0.3, 0.4) is 0 Å². The van der Waals surface area contributed by atoms with E-state index in [0.29, 0.717) is 16.9 Å². The molecule has 1 fully saturated rings. The molecule has 0 unspecified atom stereocenters. The van der Waals surface area contributed by atoms with Crippen LogP contribution >= 0.6 is 22.9 Å². The summed E-state index contributed by atoms with van der Waals surface area (Å²) in [5.41, 5.74) is 11.0. The Balaban J connectivity index is 1.36. The number of rotatable bonds is 5. The lowest BCUT2D eigenvalue weighted by molar-refractivity contribution is 0.102. The third-order valence-corrected chi connectivity index (χ3v) is 7.04. The van der Waals surface area contributed by atoms with Crippen molar-refractivity contribution in [3.05, 3.63) is 100 Å². The maximum atomic E-state index is 12.9. The van der Waals surface area contributed by atoms with Gasteiger partial charge in [-0.3, -0.25) is 9.78 Å². The molecule has 1 saturated carbocycles. The number of hydrogen-bond acceptors (Lipinski definition) is 4. The zero-order valence-corrected chi connectivity index (χ0v) is 18.2. The molecular formula is C25H20ClN3OS. The Hall–Kier alpha value is -3.15. The first kappa shape index (κ1) is 19.8. The molecule has 0 saturated heterocycles. The van der Waals surface area contributed by atoms with E-state index in [1.54, 1.807) is 6.07 Å². The predicted octanol–water partition coefficient (Wildman–Crippen LogP) is 6.38. The molecule has 31 heavy (non-hydrogen) atoms. The first-order valence-electron chi connectivity index (χ1n) is 10.0. The molecule has 4 nitrogen and oxygen atoms in total. The molecular weight excluding hydrogens is 426 g/mol. The van der Waals surface area contributed by atoms with E-state index in [0.717, 1.165) is 33.3 Å². The molecule has 0 atom stereocenters. The lowest BCUT2D eigenvalue weighted by Gasteiger charge is -2.16. The summed E-state index contributed by atoms with van der Waals surface area (Å²) in [6.07, 6.45) is 3.98. The number of nitrogens with zero attached hydrogens (tertiary/aromatic N) is 1. The third kappa shape index (κ3) is 3.82. The van der Waals surface area contributed by atoms with Crippen LogP contribution in [0.15, 0.2) is 79.0 Å². The fraction of sp³-hybridized carbons (Fsp3) is 0.120. The van der Waals surface area contributed by atoms with Gasteiger partial charge in [0.2, 0.25) is 0 Å². The average Bonchev–Trinajstić information content (AvgIpc) is 3.50. The minimum atomic E-state index is -0.192. The van der Waals surface area contributed by atoms with E-state index < -0.39 is 0 Å². The van der Waals surface area contributed by atoms with Crippen LogP contribution in [0.1, 0.15) is 34.5 Å². The number of thiophene rings is 1. The van der Waals surface area contributed by atoms with Gasteiger partial charge in [-0.15, -0.1) is 11.3 Å². The first-order chi connectivity index (χ1) is 15.0. The maximum absolute atomic E-state index is 12.9. The molecule has 2 aromatic carbocycles. The number of aromatic nitrogens is 1. The van der Waals surface area contributed by atoms with Gasteiger partial charge in [0.1, 0.15) is 0 Å². The van der Waals surface area contributed by atoms with Gasteiger partial charge in [-0.05, 0) is 72.5 Å². The monoisotopic (exact) mass is 445 g/mol. The van der Waals surface area contributed by atoms with Gasteiger partial charge in [0.15, 0.2) is 0 Å². The molecule has 0 aliphatic heterocycles. The van der Waals surface area contributed by atoms with E-state index in [-0.39, 0.29) is 11.3 Å². The maximum Gasteiger partial charge on any atom is 0.255 e. The SMILES string of the molecule is Nc1ccc(-c2ccc(Cl)s2)cc1NC(=O)c1ccc(C2(c3ccccn3)CC2)cc1. The summed E-state index contributed by atoms with van der Waals surface area (Å²) >= 11 is 7.54. The number of nitrogens with two attached hydrogens (primary N) is 1. The molecule has 1 aliphatic rings. The number of nitrogen functional groups attached to an aromatic ring is 1. The summed E-state index contributed by atoms with van der Waals surface area (Å²) in [7, 11) is 0. The van der Waals surface area contributed by atoms with Crippen molar-refractivity contribution in [1.29, 1.82) is 0 Å². The summed E-state index contributed by atoms with van der Waals surface area (Å²) < 4.78 is 0.719. The molecule has 0 bridgehead atoms. The normalized spacial score (nSPS) is 14.2. The summed E-state index contributed by atoms with van der Waals surface area (Å²) in [6, 6.07) is 23.2. The average molecular weight is 446 g/mol. The van der Waals surface area contributed by atoms with E-state index in [4.69, 9.17) is 17.3 Å². The van der Waals surface area contributed by atoms with Crippen LogP contribution in [0.2, 0.25) is 4.34 Å². The van der Waals surface area contributed by atoms with E-state index in [1.807, 2.05) is 66.9 Å². The van der Waals surface area contributed by atoms with Crippen molar-refractivity contribution in [2.45, 2.75) is 18.3 Å². The highest BCUT2D eigenvalue weighted by molar-refractivity contribution is 7.19. The van der Waals surface area contributed by atoms with Crippen LogP contribution in [0, 0.1) is 0 Å². The minimum absolute atomic E-state index is 0.0169. The molecule has 1 amide bonds. The lowest BCUT2D eigenvalue weighted by atomic mass is 9.91. The molecule has 0 radical (unpaired) electrons. The number of carbonyl (C=O) groups excluding carboxylic acids is 1. The number of nitrogens with one attached hydrogen (secondary N) is 1. The Morgan fingerprint density at radius 2 is 1.84 bits per heavy atom. The Kier molecular flexibility index (Phi) is 5.00. The van der Waals surface area contributed by atoms with E-state index in [2.05, 4.69) is 16.4 Å². The van der Waals surface area contributed by atoms with Crippen molar-refractivity contribution < 1.29 is 4.79 Å². The highest BCUT2D eigenvalue weighted by Crippen LogP contribution is 2.52. The number of halogens is 1. The van der Waals surface area contributed by atoms with Crippen LogP contribution in [0.5, 0.6) is 0 Å². The summed E-state index contributed by atoms with van der Waals surface area (Å²) in [5, 5.41) is 2.94. The quantitative estimate of drug-likeness (QED) is 0.350. The van der Waals surface area contributed by atoms with Crippen LogP contribution in [0.4, 0.5) is 11.4 Å². The van der Waals surface area contributed by atoms with E-state index in [1.165, 1.54) is 16.9 Å². The summed E-state index contributed by atoms with van der Waals surface area (Å²) in [6.45, 7) is 0. The standard InChI is InChI=1S/C25H20ClN3OS/c26-23-11-10-21(31-23)17-6-9-19(27)20(15-17)29-24(30)16-4-7-18(8-5-16)25(12-13-25)22-3-1-2-14-28-22/h1-11,14-15H,12-13,27H2,(H,29,30). The fourth-order valence-electron chi connectivity index (χ4n) is 3.89. The molecule has 5 rings (SSSR count). The van der Waals surface area contributed by atoms with Crippen LogP contribution in [0.25, 0.3) is 10.4 Å². The Labute approximate surface area is 189 Å². The number of anilines is 2. The van der Waals surface area contributed by atoms with Gasteiger partial charge in [-0.2, -0.15) is 0 Å². The second-order valence-corrected chi connectivity index (χ2v) is 9.45. The second-order valence-electron chi connectivity index (χ2n) is 7.73. The van der Waals surface area contributed by atoms with Crippen LogP contribution in [-0.4, -0.2) is 10.9 Å². The number of carbonyl (C=O) groups is 1. The van der Waals surface area contributed by atoms with Crippen molar-refractivity contribution in [2.24, 2.45) is 0 Å². The zero-order chi connectivity index (χ0) is 21.4. The van der Waals surface area contributed by atoms with Gasteiger partial charge in [-0.25, -0.2) is 0 Å². The van der Waals surface area contributed by atoms with Gasteiger partial charge in [0, 0.05) is 22.1 Å². The third-order valence-electron chi connectivity index (χ3n) is 5.76. The highest BCUT2D eigenvalue weighted by Gasteiger charge is 2.46. The van der Waals surface area contributed by atoms with E-state index >= 15 is 0 Å². The largest absolute Gasteiger partial charge is 0.397 e.